The van der Waals surface area contributed by atoms with E-state index in [9.17, 15) is 4.79 Å². The summed E-state index contributed by atoms with van der Waals surface area (Å²) in [6.07, 6.45) is 2.06. The highest BCUT2D eigenvalue weighted by Gasteiger charge is 2.54. The minimum atomic E-state index is 0.509. The maximum absolute atomic E-state index is 10.8. The van der Waals surface area contributed by atoms with Crippen molar-refractivity contribution in [1.82, 2.24) is 0 Å². The number of carbonyl (C=O) groups is 1. The Bertz CT molecular complexity index is 139. The van der Waals surface area contributed by atoms with Crippen LogP contribution in [0, 0.1) is 17.8 Å². The van der Waals surface area contributed by atoms with Gasteiger partial charge in [0, 0.05) is 12.3 Å². The van der Waals surface area contributed by atoms with Crippen LogP contribution >= 0.6 is 0 Å². The highest BCUT2D eigenvalue weighted by molar-refractivity contribution is 5.86. The lowest BCUT2D eigenvalue weighted by atomic mass is 10.2. The van der Waals surface area contributed by atoms with E-state index in [1.54, 1.807) is 0 Å². The average Bonchev–Trinajstić information content (AvgIpc) is 2.13. The van der Waals surface area contributed by atoms with Crippen molar-refractivity contribution in [2.45, 2.75) is 19.8 Å². The zero-order valence-corrected chi connectivity index (χ0v) is 5.05. The van der Waals surface area contributed by atoms with Gasteiger partial charge in [-0.2, -0.15) is 0 Å². The standard InChI is InChI=1S/C7H10O/c1-4-5-2-3-6(8)7(4)5/h4-5,7H,2-3H2,1H3. The molecule has 8 heavy (non-hydrogen) atoms. The fourth-order valence-corrected chi connectivity index (χ4v) is 2.00. The third-order valence-electron chi connectivity index (χ3n) is 2.66. The zero-order valence-electron chi connectivity index (χ0n) is 5.05. The van der Waals surface area contributed by atoms with E-state index in [2.05, 4.69) is 6.92 Å². The van der Waals surface area contributed by atoms with Crippen molar-refractivity contribution in [2.24, 2.45) is 17.8 Å². The summed E-state index contributed by atoms with van der Waals surface area (Å²) < 4.78 is 0. The van der Waals surface area contributed by atoms with E-state index in [0.717, 1.165) is 18.3 Å². The van der Waals surface area contributed by atoms with Crippen LogP contribution in [-0.4, -0.2) is 5.78 Å². The van der Waals surface area contributed by atoms with Gasteiger partial charge in [0.15, 0.2) is 0 Å². The number of fused-ring (bicyclic) bond motifs is 1. The van der Waals surface area contributed by atoms with Crippen molar-refractivity contribution in [3.63, 3.8) is 0 Å². The number of Topliss-reactive ketones (excluding diaryl/α,β-unsaturated/α-hetero) is 1. The fourth-order valence-electron chi connectivity index (χ4n) is 2.00. The summed E-state index contributed by atoms with van der Waals surface area (Å²) in [5.41, 5.74) is 0. The van der Waals surface area contributed by atoms with Gasteiger partial charge in [0.1, 0.15) is 5.78 Å². The molecule has 0 heterocycles. The molecule has 0 aromatic carbocycles. The van der Waals surface area contributed by atoms with Crippen LogP contribution in [0.25, 0.3) is 0 Å². The van der Waals surface area contributed by atoms with E-state index < -0.39 is 0 Å². The molecule has 0 aromatic heterocycles. The van der Waals surface area contributed by atoms with Crippen LogP contribution in [0.2, 0.25) is 0 Å². The Labute approximate surface area is 49.1 Å². The van der Waals surface area contributed by atoms with E-state index >= 15 is 0 Å². The predicted octanol–water partition coefficient (Wildman–Crippen LogP) is 1.23. The van der Waals surface area contributed by atoms with Crippen molar-refractivity contribution >= 4 is 5.78 Å². The highest BCUT2D eigenvalue weighted by atomic mass is 16.1. The van der Waals surface area contributed by atoms with Gasteiger partial charge >= 0.3 is 0 Å². The van der Waals surface area contributed by atoms with E-state index in [0.29, 0.717) is 11.7 Å². The lowest BCUT2D eigenvalue weighted by Crippen LogP contribution is -1.95. The Morgan fingerprint density at radius 1 is 1.62 bits per heavy atom. The van der Waals surface area contributed by atoms with Crippen molar-refractivity contribution in [1.29, 1.82) is 0 Å². The Hall–Kier alpha value is -0.330. The van der Waals surface area contributed by atoms with Gasteiger partial charge in [-0.25, -0.2) is 0 Å². The summed E-state index contributed by atoms with van der Waals surface area (Å²) in [7, 11) is 0. The Morgan fingerprint density at radius 2 is 2.38 bits per heavy atom. The van der Waals surface area contributed by atoms with Gasteiger partial charge in [-0.1, -0.05) is 6.92 Å². The third-order valence-corrected chi connectivity index (χ3v) is 2.66. The topological polar surface area (TPSA) is 17.1 Å². The molecule has 3 atom stereocenters. The second-order valence-electron chi connectivity index (χ2n) is 3.05. The highest BCUT2D eigenvalue weighted by Crippen LogP contribution is 2.54. The molecule has 0 spiro atoms. The van der Waals surface area contributed by atoms with Crippen molar-refractivity contribution in [3.8, 4) is 0 Å². The maximum atomic E-state index is 10.8. The van der Waals surface area contributed by atoms with Gasteiger partial charge in [-0.3, -0.25) is 4.79 Å². The van der Waals surface area contributed by atoms with Crippen LogP contribution in [0.1, 0.15) is 19.8 Å². The van der Waals surface area contributed by atoms with E-state index in [1.807, 2.05) is 0 Å². The Kier molecular flexibility index (Phi) is 0.651. The van der Waals surface area contributed by atoms with Crippen LogP contribution < -0.4 is 0 Å². The quantitative estimate of drug-likeness (QED) is 0.458. The lowest BCUT2D eigenvalue weighted by molar-refractivity contribution is -0.119. The van der Waals surface area contributed by atoms with Gasteiger partial charge in [0.05, 0.1) is 0 Å². The molecule has 2 rings (SSSR count). The van der Waals surface area contributed by atoms with Crippen LogP contribution in [0.4, 0.5) is 0 Å². The van der Waals surface area contributed by atoms with E-state index in [1.165, 1.54) is 6.42 Å². The third kappa shape index (κ3) is 0.355. The van der Waals surface area contributed by atoms with Crippen molar-refractivity contribution < 1.29 is 4.79 Å². The largest absolute Gasteiger partial charge is 0.299 e. The Morgan fingerprint density at radius 3 is 2.62 bits per heavy atom. The summed E-state index contributed by atoms with van der Waals surface area (Å²) in [5.74, 6) is 2.59. The van der Waals surface area contributed by atoms with Gasteiger partial charge in [-0.15, -0.1) is 0 Å². The molecule has 2 fully saturated rings. The van der Waals surface area contributed by atoms with Crippen molar-refractivity contribution in [3.05, 3.63) is 0 Å². The summed E-state index contributed by atoms with van der Waals surface area (Å²) in [6.45, 7) is 2.19. The normalized spacial score (nSPS) is 51.6. The first-order valence-corrected chi connectivity index (χ1v) is 3.33. The molecule has 0 saturated heterocycles. The molecular weight excluding hydrogens is 100 g/mol. The fraction of sp³-hybridized carbons (Fsp3) is 0.857. The first kappa shape index (κ1) is 4.54. The number of ketones is 1. The van der Waals surface area contributed by atoms with Gasteiger partial charge in [0.25, 0.3) is 0 Å². The predicted molar refractivity (Wildman–Crippen MR) is 30.4 cm³/mol. The summed E-state index contributed by atoms with van der Waals surface area (Å²) in [6, 6.07) is 0. The minimum Gasteiger partial charge on any atom is -0.299 e. The average molecular weight is 110 g/mol. The number of hydrogen-bond acceptors (Lipinski definition) is 1. The zero-order chi connectivity index (χ0) is 5.72. The minimum absolute atomic E-state index is 0.509. The summed E-state index contributed by atoms with van der Waals surface area (Å²) in [5, 5.41) is 0. The molecule has 2 aliphatic rings. The molecule has 3 unspecified atom stereocenters. The smallest absolute Gasteiger partial charge is 0.136 e. The van der Waals surface area contributed by atoms with E-state index in [-0.39, 0.29) is 0 Å². The first-order chi connectivity index (χ1) is 3.80. The SMILES string of the molecule is CC1C2CCC(=O)C12. The number of hydrogen-bond donors (Lipinski definition) is 0. The molecule has 2 saturated carbocycles. The molecule has 1 nitrogen and oxygen atoms in total. The van der Waals surface area contributed by atoms with Crippen molar-refractivity contribution in [2.75, 3.05) is 0 Å². The lowest BCUT2D eigenvalue weighted by Gasteiger charge is -1.89. The molecule has 0 amide bonds. The van der Waals surface area contributed by atoms with Crippen LogP contribution in [0.3, 0.4) is 0 Å². The number of carbonyl (C=O) groups excluding carboxylic acids is 1. The molecule has 0 aliphatic heterocycles. The molecule has 0 radical (unpaired) electrons. The molecular formula is C7H10O. The van der Waals surface area contributed by atoms with Gasteiger partial charge in [0.2, 0.25) is 0 Å². The summed E-state index contributed by atoms with van der Waals surface area (Å²) in [4.78, 5) is 10.8. The maximum Gasteiger partial charge on any atom is 0.136 e. The molecule has 0 bridgehead atoms. The van der Waals surface area contributed by atoms with Crippen LogP contribution in [-0.2, 0) is 4.79 Å². The van der Waals surface area contributed by atoms with Crippen LogP contribution in [0.5, 0.6) is 0 Å². The molecule has 0 aromatic rings. The monoisotopic (exact) mass is 110 g/mol. The molecule has 2 aliphatic carbocycles. The Balaban J connectivity index is 2.18. The summed E-state index contributed by atoms with van der Waals surface area (Å²) >= 11 is 0. The number of rotatable bonds is 0. The molecule has 0 N–H and O–H groups in total. The molecule has 1 heteroatoms. The van der Waals surface area contributed by atoms with Gasteiger partial charge in [-0.05, 0) is 18.3 Å². The van der Waals surface area contributed by atoms with E-state index in [4.69, 9.17) is 0 Å². The molecule has 44 valence electrons. The van der Waals surface area contributed by atoms with Gasteiger partial charge < -0.3 is 0 Å². The van der Waals surface area contributed by atoms with Crippen LogP contribution in [0.15, 0.2) is 0 Å². The first-order valence-electron chi connectivity index (χ1n) is 3.33. The second-order valence-corrected chi connectivity index (χ2v) is 3.05. The second kappa shape index (κ2) is 1.15.